The molecule has 1 aromatic heterocycles. The molecule has 1 heterocycles. The molecule has 4 unspecified atom stereocenters. The number of benzene rings is 1. The smallest absolute Gasteiger partial charge is 0.214 e. The Balaban J connectivity index is 0.00000578. The van der Waals surface area contributed by atoms with E-state index in [-0.39, 0.29) is 30.8 Å². The molecule has 0 spiro atoms. The number of halogens is 1. The summed E-state index contributed by atoms with van der Waals surface area (Å²) < 4.78 is 31.7. The molecule has 5 N–H and O–H groups in total. The molecule has 2 rings (SSSR count). The molecular weight excluding hydrogens is 474 g/mol. The Morgan fingerprint density at radius 2 is 1.85 bits per heavy atom. The number of methoxy groups -OCH3 is 1. The van der Waals surface area contributed by atoms with Gasteiger partial charge in [-0.3, -0.25) is 0 Å². The molecule has 0 radical (unpaired) electrons. The molecule has 0 saturated heterocycles. The molecule has 0 fully saturated rings. The zero-order chi connectivity index (χ0) is 24.8. The van der Waals surface area contributed by atoms with Crippen LogP contribution in [0.2, 0.25) is 0 Å². The van der Waals surface area contributed by atoms with Gasteiger partial charge in [0.15, 0.2) is 0 Å². The first-order chi connectivity index (χ1) is 15.5. The number of H-pyrrole nitrogens is 1. The number of fused-ring (bicyclic) bond motifs is 1. The van der Waals surface area contributed by atoms with Gasteiger partial charge in [-0.05, 0) is 74.1 Å². The lowest BCUT2D eigenvalue weighted by atomic mass is 9.76. The van der Waals surface area contributed by atoms with Crippen molar-refractivity contribution < 1.29 is 18.3 Å². The molecule has 196 valence electrons. The summed E-state index contributed by atoms with van der Waals surface area (Å²) in [5.41, 5.74) is 10.0. The standard InChI is InChI=1S/C25H43N3O4S.ClH/c1-16(2)21(13-23(26)25(29)15-28-33(30,31)17(3)4)18(5)19-9-10-24-22(12-19)20(14-27-24)8-7-11-32-6;/h9-10,12,14,16-18,21,23,25,27-29H,7-8,11,13,15,26H2,1-6H3;1H. The van der Waals surface area contributed by atoms with E-state index in [1.54, 1.807) is 21.0 Å². The highest BCUT2D eigenvalue weighted by molar-refractivity contribution is 7.90. The number of sulfonamides is 1. The summed E-state index contributed by atoms with van der Waals surface area (Å²) in [6, 6.07) is 6.05. The van der Waals surface area contributed by atoms with Crippen LogP contribution in [0.25, 0.3) is 10.9 Å². The molecule has 0 bridgehead atoms. The molecule has 0 aliphatic rings. The van der Waals surface area contributed by atoms with Gasteiger partial charge in [0.2, 0.25) is 10.0 Å². The minimum Gasteiger partial charge on any atom is -0.390 e. The van der Waals surface area contributed by atoms with Crippen LogP contribution in [0.3, 0.4) is 0 Å². The molecule has 2 aromatic rings. The zero-order valence-electron chi connectivity index (χ0n) is 21.4. The quantitative estimate of drug-likeness (QED) is 0.283. The van der Waals surface area contributed by atoms with Gasteiger partial charge in [-0.2, -0.15) is 0 Å². The number of aryl methyl sites for hydroxylation is 1. The summed E-state index contributed by atoms with van der Waals surface area (Å²) in [7, 11) is -1.71. The van der Waals surface area contributed by atoms with Crippen molar-refractivity contribution in [2.24, 2.45) is 17.6 Å². The van der Waals surface area contributed by atoms with E-state index < -0.39 is 27.4 Å². The number of hydrogen-bond donors (Lipinski definition) is 4. The monoisotopic (exact) mass is 517 g/mol. The molecule has 34 heavy (non-hydrogen) atoms. The van der Waals surface area contributed by atoms with Crippen LogP contribution in [-0.4, -0.2) is 56.2 Å². The van der Waals surface area contributed by atoms with Crippen LogP contribution in [0.4, 0.5) is 0 Å². The first-order valence-corrected chi connectivity index (χ1v) is 13.5. The number of rotatable bonds is 14. The second-order valence-electron chi connectivity index (χ2n) is 9.82. The first kappa shape index (κ1) is 30.9. The lowest BCUT2D eigenvalue weighted by Gasteiger charge is -2.32. The number of aliphatic hydroxyl groups excluding tert-OH is 1. The number of aromatic nitrogens is 1. The summed E-state index contributed by atoms with van der Waals surface area (Å²) in [5, 5.41) is 11.2. The van der Waals surface area contributed by atoms with Crippen molar-refractivity contribution in [1.29, 1.82) is 0 Å². The van der Waals surface area contributed by atoms with E-state index in [1.807, 2.05) is 0 Å². The van der Waals surface area contributed by atoms with E-state index in [9.17, 15) is 13.5 Å². The molecule has 0 aliphatic heterocycles. The summed E-state index contributed by atoms with van der Waals surface area (Å²) >= 11 is 0. The summed E-state index contributed by atoms with van der Waals surface area (Å²) in [4.78, 5) is 3.36. The van der Waals surface area contributed by atoms with Crippen LogP contribution in [0.15, 0.2) is 24.4 Å². The predicted molar refractivity (Wildman–Crippen MR) is 143 cm³/mol. The average Bonchev–Trinajstić information content (AvgIpc) is 3.17. The van der Waals surface area contributed by atoms with Crippen molar-refractivity contribution in [2.45, 2.75) is 77.2 Å². The van der Waals surface area contributed by atoms with Crippen molar-refractivity contribution >= 4 is 33.3 Å². The number of ether oxygens (including phenoxy) is 1. The van der Waals surface area contributed by atoms with Gasteiger partial charge in [0.05, 0.1) is 11.4 Å². The second-order valence-corrected chi connectivity index (χ2v) is 12.1. The van der Waals surface area contributed by atoms with E-state index in [0.717, 1.165) is 25.0 Å². The summed E-state index contributed by atoms with van der Waals surface area (Å²) in [5.74, 6) is 0.833. The topological polar surface area (TPSA) is 117 Å². The number of nitrogens with one attached hydrogen (secondary N) is 2. The SMILES string of the molecule is COCCCc1c[nH]c2ccc(C(C)C(CC(N)C(O)CNS(=O)(=O)C(C)C)C(C)C)cc12.Cl. The van der Waals surface area contributed by atoms with E-state index in [2.05, 4.69) is 54.9 Å². The third kappa shape index (κ3) is 8.21. The number of aromatic amines is 1. The lowest BCUT2D eigenvalue weighted by molar-refractivity contribution is 0.125. The summed E-state index contributed by atoms with van der Waals surface area (Å²) in [6.07, 6.45) is 3.69. The fraction of sp³-hybridized carbons (Fsp3) is 0.680. The van der Waals surface area contributed by atoms with Crippen LogP contribution in [0.5, 0.6) is 0 Å². The zero-order valence-corrected chi connectivity index (χ0v) is 23.0. The lowest BCUT2D eigenvalue weighted by Crippen LogP contribution is -2.46. The molecule has 9 heteroatoms. The van der Waals surface area contributed by atoms with Crippen LogP contribution < -0.4 is 10.5 Å². The van der Waals surface area contributed by atoms with E-state index >= 15 is 0 Å². The summed E-state index contributed by atoms with van der Waals surface area (Å²) in [6.45, 7) is 10.4. The van der Waals surface area contributed by atoms with E-state index in [0.29, 0.717) is 12.3 Å². The normalized spacial score (nSPS) is 15.9. The molecule has 0 amide bonds. The molecule has 7 nitrogen and oxygen atoms in total. The molecular formula is C25H44ClN3O4S. The highest BCUT2D eigenvalue weighted by atomic mass is 35.5. The van der Waals surface area contributed by atoms with Gasteiger partial charge in [0.25, 0.3) is 0 Å². The number of hydrogen-bond acceptors (Lipinski definition) is 5. The fourth-order valence-electron chi connectivity index (χ4n) is 4.38. The van der Waals surface area contributed by atoms with Gasteiger partial charge in [-0.1, -0.05) is 26.8 Å². The molecule has 1 aromatic carbocycles. The van der Waals surface area contributed by atoms with Gasteiger partial charge in [0.1, 0.15) is 0 Å². The fourth-order valence-corrected chi connectivity index (χ4v) is 5.12. The van der Waals surface area contributed by atoms with Crippen molar-refractivity contribution in [1.82, 2.24) is 9.71 Å². The Kier molecular flexibility index (Phi) is 12.5. The highest BCUT2D eigenvalue weighted by Crippen LogP contribution is 2.35. The maximum absolute atomic E-state index is 12.0. The Hall–Kier alpha value is -1.16. The average molecular weight is 518 g/mol. The van der Waals surface area contributed by atoms with Gasteiger partial charge in [-0.25, -0.2) is 13.1 Å². The van der Waals surface area contributed by atoms with Gasteiger partial charge in [0, 0.05) is 43.4 Å². The van der Waals surface area contributed by atoms with Crippen LogP contribution in [0.1, 0.15) is 64.5 Å². The van der Waals surface area contributed by atoms with Crippen LogP contribution in [0, 0.1) is 11.8 Å². The maximum Gasteiger partial charge on any atom is 0.214 e. The Morgan fingerprint density at radius 3 is 2.44 bits per heavy atom. The minimum absolute atomic E-state index is 0. The van der Waals surface area contributed by atoms with Crippen molar-refractivity contribution in [3.8, 4) is 0 Å². The number of nitrogens with two attached hydrogens (primary N) is 1. The Labute approximate surface area is 211 Å². The van der Waals surface area contributed by atoms with Crippen molar-refractivity contribution in [3.05, 3.63) is 35.5 Å². The predicted octanol–water partition coefficient (Wildman–Crippen LogP) is 3.95. The molecule has 4 atom stereocenters. The third-order valence-electron chi connectivity index (χ3n) is 6.76. The van der Waals surface area contributed by atoms with Crippen molar-refractivity contribution in [2.75, 3.05) is 20.3 Å². The highest BCUT2D eigenvalue weighted by Gasteiger charge is 2.28. The Bertz CT molecular complexity index is 978. The first-order valence-electron chi connectivity index (χ1n) is 12.0. The van der Waals surface area contributed by atoms with E-state index in [4.69, 9.17) is 10.5 Å². The third-order valence-corrected chi connectivity index (χ3v) is 8.57. The van der Waals surface area contributed by atoms with Crippen LogP contribution >= 0.6 is 12.4 Å². The molecule has 0 saturated carbocycles. The van der Waals surface area contributed by atoms with Gasteiger partial charge >= 0.3 is 0 Å². The van der Waals surface area contributed by atoms with E-state index in [1.165, 1.54) is 16.5 Å². The van der Waals surface area contributed by atoms with Crippen LogP contribution in [-0.2, 0) is 21.2 Å². The number of aliphatic hydroxyl groups is 1. The van der Waals surface area contributed by atoms with Gasteiger partial charge < -0.3 is 20.6 Å². The maximum atomic E-state index is 12.0. The second kappa shape index (κ2) is 13.8. The minimum atomic E-state index is -3.44. The Morgan fingerprint density at radius 1 is 1.18 bits per heavy atom. The van der Waals surface area contributed by atoms with Gasteiger partial charge in [-0.15, -0.1) is 12.4 Å². The van der Waals surface area contributed by atoms with Crippen molar-refractivity contribution in [3.63, 3.8) is 0 Å². The largest absolute Gasteiger partial charge is 0.390 e. The molecule has 0 aliphatic carbocycles.